The lowest BCUT2D eigenvalue weighted by atomic mass is 10.0. The fourth-order valence-corrected chi connectivity index (χ4v) is 2.92. The van der Waals surface area contributed by atoms with E-state index >= 15 is 0 Å². The lowest BCUT2D eigenvalue weighted by Gasteiger charge is -2.12. The molecule has 0 spiro atoms. The van der Waals surface area contributed by atoms with Crippen molar-refractivity contribution >= 4 is 5.97 Å². The molecule has 0 heterocycles. The molecule has 0 N–H and O–H groups in total. The summed E-state index contributed by atoms with van der Waals surface area (Å²) < 4.78 is 5.35. The molecular weight excluding hydrogens is 284 g/mol. The Labute approximate surface area is 145 Å². The van der Waals surface area contributed by atoms with Gasteiger partial charge in [0.05, 0.1) is 6.61 Å². The normalized spacial score (nSPS) is 11.1. The smallest absolute Gasteiger partial charge is 0.305 e. The fraction of sp³-hybridized carbons (Fsp3) is 0.952. The third-order valence-corrected chi connectivity index (χ3v) is 4.87. The predicted octanol–water partition coefficient (Wildman–Crippen LogP) is 7.06. The highest BCUT2D eigenvalue weighted by Crippen LogP contribution is 2.13. The van der Waals surface area contributed by atoms with Gasteiger partial charge in [0.15, 0.2) is 0 Å². The Kier molecular flexibility index (Phi) is 17.4. The first-order valence-electron chi connectivity index (χ1n) is 10.4. The van der Waals surface area contributed by atoms with Gasteiger partial charge in [-0.3, -0.25) is 4.79 Å². The summed E-state index contributed by atoms with van der Waals surface area (Å²) in [5.41, 5.74) is 0. The molecular formula is C21H42O2. The molecule has 138 valence electrons. The Morgan fingerprint density at radius 3 is 1.57 bits per heavy atom. The molecule has 2 heteroatoms. The number of hydrogen-bond donors (Lipinski definition) is 0. The Hall–Kier alpha value is -0.530. The minimum Gasteiger partial charge on any atom is -0.465 e. The predicted molar refractivity (Wildman–Crippen MR) is 101 cm³/mol. The molecule has 2 nitrogen and oxygen atoms in total. The Bertz CT molecular complexity index is 246. The van der Waals surface area contributed by atoms with Crippen LogP contribution in [0.2, 0.25) is 0 Å². The van der Waals surface area contributed by atoms with Gasteiger partial charge in [0.2, 0.25) is 0 Å². The number of carbonyl (C=O) groups is 1. The van der Waals surface area contributed by atoms with E-state index in [0.29, 0.717) is 18.9 Å². The molecule has 0 fully saturated rings. The van der Waals surface area contributed by atoms with Gasteiger partial charge in [-0.15, -0.1) is 0 Å². The topological polar surface area (TPSA) is 26.3 Å². The second-order valence-electron chi connectivity index (χ2n) is 7.00. The van der Waals surface area contributed by atoms with Crippen LogP contribution >= 0.6 is 0 Å². The van der Waals surface area contributed by atoms with Crippen molar-refractivity contribution in [1.29, 1.82) is 0 Å². The van der Waals surface area contributed by atoms with E-state index in [4.69, 9.17) is 4.74 Å². The van der Waals surface area contributed by atoms with E-state index in [-0.39, 0.29) is 5.97 Å². The number of ether oxygens (including phenoxy) is 1. The minimum absolute atomic E-state index is 0.00368. The van der Waals surface area contributed by atoms with Crippen molar-refractivity contribution in [2.45, 2.75) is 117 Å². The van der Waals surface area contributed by atoms with Crippen LogP contribution in [0.1, 0.15) is 117 Å². The third kappa shape index (κ3) is 16.1. The van der Waals surface area contributed by atoms with Crippen LogP contribution in [0.25, 0.3) is 0 Å². The van der Waals surface area contributed by atoms with Crippen LogP contribution in [0.4, 0.5) is 0 Å². The lowest BCUT2D eigenvalue weighted by Crippen LogP contribution is -2.12. The number of carbonyl (C=O) groups excluding carboxylic acids is 1. The molecule has 0 amide bonds. The highest BCUT2D eigenvalue weighted by atomic mass is 16.5. The molecule has 0 aliphatic carbocycles. The van der Waals surface area contributed by atoms with Crippen molar-refractivity contribution in [1.82, 2.24) is 0 Å². The van der Waals surface area contributed by atoms with Crippen LogP contribution in [0.5, 0.6) is 0 Å². The third-order valence-electron chi connectivity index (χ3n) is 4.87. The van der Waals surface area contributed by atoms with E-state index < -0.39 is 0 Å². The van der Waals surface area contributed by atoms with Gasteiger partial charge in [-0.25, -0.2) is 0 Å². The average Bonchev–Trinajstić information content (AvgIpc) is 2.56. The summed E-state index contributed by atoms with van der Waals surface area (Å²) in [6, 6.07) is 0. The molecule has 0 atom stereocenters. The molecule has 0 aliphatic rings. The van der Waals surface area contributed by atoms with Crippen LogP contribution in [-0.4, -0.2) is 12.6 Å². The van der Waals surface area contributed by atoms with E-state index in [0.717, 1.165) is 19.3 Å². The molecule has 0 aromatic rings. The van der Waals surface area contributed by atoms with Crippen molar-refractivity contribution in [3.8, 4) is 0 Å². The second-order valence-corrected chi connectivity index (χ2v) is 7.00. The van der Waals surface area contributed by atoms with Crippen molar-refractivity contribution < 1.29 is 9.53 Å². The number of hydrogen-bond acceptors (Lipinski definition) is 2. The first-order chi connectivity index (χ1) is 11.2. The molecule has 0 unspecified atom stereocenters. The number of esters is 1. The van der Waals surface area contributed by atoms with Crippen LogP contribution < -0.4 is 0 Å². The van der Waals surface area contributed by atoms with Crippen molar-refractivity contribution in [2.75, 3.05) is 6.61 Å². The molecule has 0 saturated carbocycles. The van der Waals surface area contributed by atoms with Gasteiger partial charge in [-0.05, 0) is 12.3 Å². The van der Waals surface area contributed by atoms with Crippen molar-refractivity contribution in [3.05, 3.63) is 0 Å². The summed E-state index contributed by atoms with van der Waals surface area (Å²) in [6.45, 7) is 7.21. The Balaban J connectivity index is 3.22. The van der Waals surface area contributed by atoms with Gasteiger partial charge in [0.25, 0.3) is 0 Å². The molecule has 0 bridgehead atoms. The maximum Gasteiger partial charge on any atom is 0.305 e. The first kappa shape index (κ1) is 22.5. The standard InChI is InChI=1S/C21H42O2/c1-4-7-8-9-10-11-12-13-14-15-16-17-18-21(22)23-19-20(5-2)6-3/h20H,4-19H2,1-3H3. The molecule has 0 rings (SSSR count). The monoisotopic (exact) mass is 326 g/mol. The zero-order valence-corrected chi connectivity index (χ0v) is 16.2. The summed E-state index contributed by atoms with van der Waals surface area (Å²) in [6.07, 6.45) is 18.8. The maximum atomic E-state index is 11.6. The van der Waals surface area contributed by atoms with Crippen molar-refractivity contribution in [3.63, 3.8) is 0 Å². The fourth-order valence-electron chi connectivity index (χ4n) is 2.92. The lowest BCUT2D eigenvalue weighted by molar-refractivity contribution is -0.145. The molecule has 23 heavy (non-hydrogen) atoms. The van der Waals surface area contributed by atoms with Crippen molar-refractivity contribution in [2.24, 2.45) is 5.92 Å². The zero-order chi connectivity index (χ0) is 17.2. The van der Waals surface area contributed by atoms with Gasteiger partial charge < -0.3 is 4.74 Å². The highest BCUT2D eigenvalue weighted by Gasteiger charge is 2.07. The van der Waals surface area contributed by atoms with Gasteiger partial charge in [-0.2, -0.15) is 0 Å². The molecule has 0 radical (unpaired) electrons. The summed E-state index contributed by atoms with van der Waals surface area (Å²) in [5.74, 6) is 0.546. The summed E-state index contributed by atoms with van der Waals surface area (Å²) >= 11 is 0. The van der Waals surface area contributed by atoms with Crippen LogP contribution in [0, 0.1) is 5.92 Å². The van der Waals surface area contributed by atoms with E-state index in [2.05, 4.69) is 20.8 Å². The van der Waals surface area contributed by atoms with Crippen LogP contribution in [0.3, 0.4) is 0 Å². The first-order valence-corrected chi connectivity index (χ1v) is 10.4. The minimum atomic E-state index is 0.00368. The van der Waals surface area contributed by atoms with Gasteiger partial charge in [0, 0.05) is 6.42 Å². The number of rotatable bonds is 17. The molecule has 0 aromatic carbocycles. The van der Waals surface area contributed by atoms with Crippen LogP contribution in [0.15, 0.2) is 0 Å². The molecule has 0 saturated heterocycles. The van der Waals surface area contributed by atoms with E-state index in [9.17, 15) is 4.79 Å². The molecule has 0 aromatic heterocycles. The van der Waals surface area contributed by atoms with Gasteiger partial charge >= 0.3 is 5.97 Å². The zero-order valence-electron chi connectivity index (χ0n) is 16.2. The maximum absolute atomic E-state index is 11.6. The van der Waals surface area contributed by atoms with Gasteiger partial charge in [0.1, 0.15) is 0 Å². The molecule has 0 aliphatic heterocycles. The average molecular weight is 327 g/mol. The van der Waals surface area contributed by atoms with E-state index in [1.807, 2.05) is 0 Å². The SMILES string of the molecule is CCCCCCCCCCCCCCC(=O)OCC(CC)CC. The summed E-state index contributed by atoms with van der Waals surface area (Å²) in [7, 11) is 0. The second kappa shape index (κ2) is 17.8. The van der Waals surface area contributed by atoms with E-state index in [1.165, 1.54) is 70.6 Å². The number of unbranched alkanes of at least 4 members (excludes halogenated alkanes) is 11. The van der Waals surface area contributed by atoms with E-state index in [1.54, 1.807) is 0 Å². The van der Waals surface area contributed by atoms with Gasteiger partial charge in [-0.1, -0.05) is 104 Å². The summed E-state index contributed by atoms with van der Waals surface area (Å²) in [4.78, 5) is 11.6. The Morgan fingerprint density at radius 1 is 0.696 bits per heavy atom. The van der Waals surface area contributed by atoms with Crippen LogP contribution in [-0.2, 0) is 9.53 Å². The summed E-state index contributed by atoms with van der Waals surface area (Å²) in [5, 5.41) is 0. The quantitative estimate of drug-likeness (QED) is 0.211. The largest absolute Gasteiger partial charge is 0.465 e. The Morgan fingerprint density at radius 2 is 1.13 bits per heavy atom. The highest BCUT2D eigenvalue weighted by molar-refractivity contribution is 5.69.